The maximum Gasteiger partial charge on any atom is 0.237 e. The standard InChI is InChI=1S/C24H23N5O2S2/c1-16-8-9-19-18(12-16)29(10-11-31-19)20(30)14-32-23-21-22(25-15-26-23)27-24(33-21)28(2)13-17-6-4-3-5-7-17/h3-9,12,15H,10-11,13-14H2,1-2H3. The van der Waals surface area contributed by atoms with E-state index in [1.807, 2.05) is 55.3 Å². The molecule has 0 N–H and O–H groups in total. The van der Waals surface area contributed by atoms with Gasteiger partial charge in [-0.2, -0.15) is 4.98 Å². The fraction of sp³-hybridized carbons (Fsp3) is 0.250. The summed E-state index contributed by atoms with van der Waals surface area (Å²) in [7, 11) is 2.02. The molecule has 3 heterocycles. The number of thioether (sulfide) groups is 1. The van der Waals surface area contributed by atoms with Crippen molar-refractivity contribution in [2.24, 2.45) is 0 Å². The summed E-state index contributed by atoms with van der Waals surface area (Å²) >= 11 is 2.98. The molecule has 5 rings (SSSR count). The number of aromatic nitrogens is 3. The van der Waals surface area contributed by atoms with Crippen molar-refractivity contribution in [2.45, 2.75) is 18.5 Å². The summed E-state index contributed by atoms with van der Waals surface area (Å²) in [5.74, 6) is 1.07. The summed E-state index contributed by atoms with van der Waals surface area (Å²) in [5.41, 5.74) is 3.81. The molecule has 0 saturated heterocycles. The largest absolute Gasteiger partial charge is 0.490 e. The van der Waals surface area contributed by atoms with Crippen molar-refractivity contribution in [3.05, 3.63) is 66.0 Å². The van der Waals surface area contributed by atoms with E-state index in [1.165, 1.54) is 23.7 Å². The molecule has 168 valence electrons. The molecule has 0 unspecified atom stereocenters. The Labute approximate surface area is 200 Å². The Bertz CT molecular complexity index is 1290. The van der Waals surface area contributed by atoms with E-state index in [0.717, 1.165) is 38.4 Å². The smallest absolute Gasteiger partial charge is 0.237 e. The van der Waals surface area contributed by atoms with Gasteiger partial charge in [0.25, 0.3) is 0 Å². The lowest BCUT2D eigenvalue weighted by molar-refractivity contribution is -0.116. The number of rotatable bonds is 6. The first-order chi connectivity index (χ1) is 16.1. The molecule has 1 aliphatic rings. The van der Waals surface area contributed by atoms with Crippen LogP contribution in [-0.4, -0.2) is 46.8 Å². The van der Waals surface area contributed by atoms with Crippen LogP contribution in [-0.2, 0) is 11.3 Å². The van der Waals surface area contributed by atoms with E-state index in [-0.39, 0.29) is 11.7 Å². The highest BCUT2D eigenvalue weighted by molar-refractivity contribution is 8.00. The fourth-order valence-corrected chi connectivity index (χ4v) is 5.63. The van der Waals surface area contributed by atoms with Crippen LogP contribution in [0.1, 0.15) is 11.1 Å². The first-order valence-electron chi connectivity index (χ1n) is 10.6. The lowest BCUT2D eigenvalue weighted by Gasteiger charge is -2.29. The maximum atomic E-state index is 13.1. The summed E-state index contributed by atoms with van der Waals surface area (Å²) in [6.45, 7) is 3.81. The van der Waals surface area contributed by atoms with Crippen LogP contribution in [0.2, 0.25) is 0 Å². The molecule has 33 heavy (non-hydrogen) atoms. The van der Waals surface area contributed by atoms with Gasteiger partial charge in [0.2, 0.25) is 5.91 Å². The molecule has 2 aromatic heterocycles. The molecule has 1 aliphatic heterocycles. The van der Waals surface area contributed by atoms with Gasteiger partial charge in [-0.25, -0.2) is 9.97 Å². The van der Waals surface area contributed by atoms with Crippen molar-refractivity contribution in [2.75, 3.05) is 35.8 Å². The first kappa shape index (κ1) is 21.7. The second-order valence-corrected chi connectivity index (χ2v) is 9.76. The van der Waals surface area contributed by atoms with Crippen molar-refractivity contribution in [1.29, 1.82) is 0 Å². The van der Waals surface area contributed by atoms with Gasteiger partial charge in [0.15, 0.2) is 10.8 Å². The Kier molecular flexibility index (Phi) is 6.15. The van der Waals surface area contributed by atoms with Crippen LogP contribution < -0.4 is 14.5 Å². The predicted octanol–water partition coefficient (Wildman–Crippen LogP) is 4.55. The molecule has 9 heteroatoms. The number of nitrogens with zero attached hydrogens (tertiary/aromatic N) is 5. The summed E-state index contributed by atoms with van der Waals surface area (Å²) in [5, 5.41) is 1.66. The van der Waals surface area contributed by atoms with Crippen molar-refractivity contribution < 1.29 is 9.53 Å². The zero-order valence-corrected chi connectivity index (χ0v) is 20.0. The topological polar surface area (TPSA) is 71.5 Å². The molecule has 1 amide bonds. The zero-order chi connectivity index (χ0) is 22.8. The van der Waals surface area contributed by atoms with Gasteiger partial charge in [0.1, 0.15) is 28.4 Å². The number of carbonyl (C=O) groups is 1. The fourth-order valence-electron chi connectivity index (χ4n) is 3.71. The molecule has 0 atom stereocenters. The van der Waals surface area contributed by atoms with Gasteiger partial charge in [-0.05, 0) is 30.2 Å². The zero-order valence-electron chi connectivity index (χ0n) is 18.4. The van der Waals surface area contributed by atoms with Crippen LogP contribution in [0.3, 0.4) is 0 Å². The minimum absolute atomic E-state index is 0.0350. The number of hydrogen-bond acceptors (Lipinski definition) is 8. The third-order valence-corrected chi connectivity index (χ3v) is 7.62. The molecule has 0 aliphatic carbocycles. The predicted molar refractivity (Wildman–Crippen MR) is 134 cm³/mol. The minimum Gasteiger partial charge on any atom is -0.490 e. The summed E-state index contributed by atoms with van der Waals surface area (Å²) in [6, 6.07) is 16.2. The second kappa shape index (κ2) is 9.36. The molecule has 0 saturated carbocycles. The van der Waals surface area contributed by atoms with Gasteiger partial charge in [0, 0.05) is 13.6 Å². The van der Waals surface area contributed by atoms with Crippen LogP contribution in [0.15, 0.2) is 59.9 Å². The minimum atomic E-state index is 0.0350. The van der Waals surface area contributed by atoms with Crippen LogP contribution in [0.25, 0.3) is 10.3 Å². The van der Waals surface area contributed by atoms with Crippen molar-refractivity contribution in [3.8, 4) is 5.75 Å². The van der Waals surface area contributed by atoms with Gasteiger partial charge in [-0.1, -0.05) is 59.5 Å². The number of benzene rings is 2. The van der Waals surface area contributed by atoms with Gasteiger partial charge in [-0.15, -0.1) is 0 Å². The molecule has 4 aromatic rings. The van der Waals surface area contributed by atoms with E-state index in [4.69, 9.17) is 9.72 Å². The first-order valence-corrected chi connectivity index (χ1v) is 12.4. The van der Waals surface area contributed by atoms with E-state index >= 15 is 0 Å². The molecule has 0 bridgehead atoms. The molecular weight excluding hydrogens is 454 g/mol. The number of fused-ring (bicyclic) bond motifs is 2. The van der Waals surface area contributed by atoms with E-state index in [9.17, 15) is 4.79 Å². The highest BCUT2D eigenvalue weighted by atomic mass is 32.2. The van der Waals surface area contributed by atoms with Crippen molar-refractivity contribution >= 4 is 50.2 Å². The maximum absolute atomic E-state index is 13.1. The lowest BCUT2D eigenvalue weighted by Crippen LogP contribution is -2.39. The Balaban J connectivity index is 1.32. The molecule has 7 nitrogen and oxygen atoms in total. The number of carbonyl (C=O) groups excluding carboxylic acids is 1. The molecule has 2 aromatic carbocycles. The highest BCUT2D eigenvalue weighted by Gasteiger charge is 2.24. The van der Waals surface area contributed by atoms with Crippen LogP contribution >= 0.6 is 23.1 Å². The summed E-state index contributed by atoms with van der Waals surface area (Å²) < 4.78 is 6.62. The average Bonchev–Trinajstić information content (AvgIpc) is 3.28. The Morgan fingerprint density at radius 1 is 1.21 bits per heavy atom. The van der Waals surface area contributed by atoms with E-state index in [2.05, 4.69) is 27.0 Å². The summed E-state index contributed by atoms with van der Waals surface area (Å²) in [4.78, 5) is 30.5. The second-order valence-electron chi connectivity index (χ2n) is 7.82. The third kappa shape index (κ3) is 4.65. The SMILES string of the molecule is Cc1ccc2c(c1)N(C(=O)CSc1ncnc3nc(N(C)Cc4ccccc4)sc13)CCO2. The normalized spacial score (nSPS) is 13.0. The molecular formula is C24H23N5O2S2. The van der Waals surface area contributed by atoms with Gasteiger partial charge < -0.3 is 14.5 Å². The van der Waals surface area contributed by atoms with E-state index in [0.29, 0.717) is 18.8 Å². The molecule has 0 fully saturated rings. The number of hydrogen-bond donors (Lipinski definition) is 0. The number of thiazole rings is 1. The average molecular weight is 478 g/mol. The lowest BCUT2D eigenvalue weighted by atomic mass is 10.1. The Morgan fingerprint density at radius 2 is 2.06 bits per heavy atom. The molecule has 0 radical (unpaired) electrons. The number of amides is 1. The molecule has 0 spiro atoms. The quantitative estimate of drug-likeness (QED) is 0.298. The van der Waals surface area contributed by atoms with Gasteiger partial charge >= 0.3 is 0 Å². The van der Waals surface area contributed by atoms with Gasteiger partial charge in [-0.3, -0.25) is 4.79 Å². The summed E-state index contributed by atoms with van der Waals surface area (Å²) in [6.07, 6.45) is 1.52. The number of aryl methyl sites for hydroxylation is 1. The Morgan fingerprint density at radius 3 is 2.91 bits per heavy atom. The monoisotopic (exact) mass is 477 g/mol. The van der Waals surface area contributed by atoms with E-state index < -0.39 is 0 Å². The third-order valence-electron chi connectivity index (χ3n) is 5.35. The highest BCUT2D eigenvalue weighted by Crippen LogP contribution is 2.36. The van der Waals surface area contributed by atoms with Gasteiger partial charge in [0.05, 0.1) is 18.0 Å². The van der Waals surface area contributed by atoms with Crippen molar-refractivity contribution in [1.82, 2.24) is 15.0 Å². The Hall–Kier alpha value is -3.17. The number of ether oxygens (including phenoxy) is 1. The van der Waals surface area contributed by atoms with Crippen LogP contribution in [0, 0.1) is 6.92 Å². The van der Waals surface area contributed by atoms with Crippen molar-refractivity contribution in [3.63, 3.8) is 0 Å². The van der Waals surface area contributed by atoms with Crippen LogP contribution in [0.5, 0.6) is 5.75 Å². The number of anilines is 2. The van der Waals surface area contributed by atoms with Crippen LogP contribution in [0.4, 0.5) is 10.8 Å². The van der Waals surface area contributed by atoms with E-state index in [1.54, 1.807) is 11.3 Å².